The van der Waals surface area contributed by atoms with Crippen LogP contribution in [-0.2, 0) is 24.2 Å². The summed E-state index contributed by atoms with van der Waals surface area (Å²) >= 11 is 0. The molecule has 1 heterocycles. The van der Waals surface area contributed by atoms with Crippen molar-refractivity contribution in [3.63, 3.8) is 0 Å². The van der Waals surface area contributed by atoms with Gasteiger partial charge >= 0.3 is 5.97 Å². The van der Waals surface area contributed by atoms with Crippen LogP contribution < -0.4 is 5.32 Å². The quantitative estimate of drug-likeness (QED) is 0.754. The zero-order valence-electron chi connectivity index (χ0n) is 14.8. The predicted octanol–water partition coefficient (Wildman–Crippen LogP) is 1.51. The molecular formula is C17H29NO6S. The van der Waals surface area contributed by atoms with Crippen LogP contribution in [0.25, 0.3) is 0 Å². The van der Waals surface area contributed by atoms with E-state index in [2.05, 4.69) is 5.32 Å². The van der Waals surface area contributed by atoms with Gasteiger partial charge in [0, 0.05) is 19.3 Å². The summed E-state index contributed by atoms with van der Waals surface area (Å²) in [6, 6.07) is -0.502. The molecule has 1 aliphatic heterocycles. The number of nitrogens with one attached hydrogen (secondary N) is 1. The highest BCUT2D eigenvalue weighted by atomic mass is 32.2. The van der Waals surface area contributed by atoms with E-state index in [1.54, 1.807) is 0 Å². The summed E-state index contributed by atoms with van der Waals surface area (Å²) in [4.78, 5) is 24.1. The molecular weight excluding hydrogens is 346 g/mol. The van der Waals surface area contributed by atoms with E-state index in [-0.39, 0.29) is 0 Å². The molecule has 0 radical (unpaired) electrons. The standard InChI is InChI=1S/C17H29NO6S/c1-12(25(22,23)13-8-10-24-11-9-13)16(19)18-15-7-5-3-2-4-6-14(15)17(20)21/h12-15H,2-11H2,1H3,(H,18,19)(H,20,21). The molecule has 0 aromatic heterocycles. The second-order valence-corrected chi connectivity index (χ2v) is 9.65. The van der Waals surface area contributed by atoms with E-state index in [9.17, 15) is 23.1 Å². The number of hydrogen-bond acceptors (Lipinski definition) is 5. The van der Waals surface area contributed by atoms with Crippen molar-refractivity contribution in [2.45, 2.75) is 74.8 Å². The third-order valence-corrected chi connectivity index (χ3v) is 8.01. The number of amides is 1. The van der Waals surface area contributed by atoms with Gasteiger partial charge in [-0.3, -0.25) is 9.59 Å². The van der Waals surface area contributed by atoms with Crippen molar-refractivity contribution in [2.24, 2.45) is 5.92 Å². The average Bonchev–Trinajstić information content (AvgIpc) is 2.57. The minimum atomic E-state index is -3.61. The lowest BCUT2D eigenvalue weighted by Crippen LogP contribution is -2.50. The van der Waals surface area contributed by atoms with Gasteiger partial charge in [0.15, 0.2) is 9.84 Å². The highest BCUT2D eigenvalue weighted by Crippen LogP contribution is 2.25. The molecule has 1 saturated carbocycles. The third kappa shape index (κ3) is 5.17. The van der Waals surface area contributed by atoms with Gasteiger partial charge in [-0.2, -0.15) is 0 Å². The molecule has 2 rings (SSSR count). The largest absolute Gasteiger partial charge is 0.481 e. The van der Waals surface area contributed by atoms with Crippen LogP contribution in [0.1, 0.15) is 58.3 Å². The zero-order chi connectivity index (χ0) is 18.4. The molecule has 0 aromatic carbocycles. The van der Waals surface area contributed by atoms with Crippen molar-refractivity contribution in [1.29, 1.82) is 0 Å². The minimum Gasteiger partial charge on any atom is -0.481 e. The fourth-order valence-corrected chi connectivity index (χ4v) is 5.49. The maximum atomic E-state index is 12.7. The number of rotatable bonds is 5. The molecule has 2 fully saturated rings. The van der Waals surface area contributed by atoms with Crippen LogP contribution in [0.4, 0.5) is 0 Å². The molecule has 2 N–H and O–H groups in total. The number of sulfone groups is 1. The first kappa shape index (κ1) is 20.2. The van der Waals surface area contributed by atoms with Gasteiger partial charge in [0.1, 0.15) is 5.25 Å². The number of carboxylic acid groups (broad SMARTS) is 1. The van der Waals surface area contributed by atoms with E-state index >= 15 is 0 Å². The lowest BCUT2D eigenvalue weighted by atomic mass is 9.86. The number of aliphatic carboxylic acids is 1. The summed E-state index contributed by atoms with van der Waals surface area (Å²) < 4.78 is 30.5. The lowest BCUT2D eigenvalue weighted by molar-refractivity contribution is -0.143. The normalized spacial score (nSPS) is 27.7. The van der Waals surface area contributed by atoms with Crippen LogP contribution in [-0.4, -0.2) is 55.2 Å². The van der Waals surface area contributed by atoms with Crippen LogP contribution in [0.15, 0.2) is 0 Å². The summed E-state index contributed by atoms with van der Waals surface area (Å²) in [6.45, 7) is 2.18. The van der Waals surface area contributed by atoms with Gasteiger partial charge in [-0.15, -0.1) is 0 Å². The maximum Gasteiger partial charge on any atom is 0.308 e. The summed E-state index contributed by atoms with van der Waals surface area (Å²) in [7, 11) is -3.61. The fourth-order valence-electron chi connectivity index (χ4n) is 3.70. The van der Waals surface area contributed by atoms with Gasteiger partial charge in [0.05, 0.1) is 11.2 Å². The fraction of sp³-hybridized carbons (Fsp3) is 0.882. The highest BCUT2D eigenvalue weighted by Gasteiger charge is 2.38. The van der Waals surface area contributed by atoms with Crippen LogP contribution in [0, 0.1) is 5.92 Å². The first-order chi connectivity index (χ1) is 11.8. The van der Waals surface area contributed by atoms with Crippen molar-refractivity contribution in [1.82, 2.24) is 5.32 Å². The smallest absolute Gasteiger partial charge is 0.308 e. The molecule has 3 atom stereocenters. The Morgan fingerprint density at radius 1 is 1.04 bits per heavy atom. The molecule has 2 aliphatic rings. The Balaban J connectivity index is 2.05. The van der Waals surface area contributed by atoms with Crippen LogP contribution in [0.3, 0.4) is 0 Å². The molecule has 0 bridgehead atoms. The van der Waals surface area contributed by atoms with E-state index in [1.807, 2.05) is 0 Å². The SMILES string of the molecule is CC(C(=O)NC1CCCCCCC1C(=O)O)S(=O)(=O)C1CCOCC1. The second-order valence-electron chi connectivity index (χ2n) is 7.09. The summed E-state index contributed by atoms with van der Waals surface area (Å²) in [5.41, 5.74) is 0. The van der Waals surface area contributed by atoms with Gasteiger partial charge in [0.2, 0.25) is 5.91 Å². The number of carbonyl (C=O) groups excluding carboxylic acids is 1. The minimum absolute atomic E-state index is 0.391. The maximum absolute atomic E-state index is 12.7. The molecule has 8 heteroatoms. The van der Waals surface area contributed by atoms with Crippen LogP contribution >= 0.6 is 0 Å². The van der Waals surface area contributed by atoms with Crippen molar-refractivity contribution < 1.29 is 27.9 Å². The number of carbonyl (C=O) groups is 2. The Labute approximate surface area is 149 Å². The Bertz CT molecular complexity index is 570. The Kier molecular flexibility index (Phi) is 7.25. The molecule has 1 saturated heterocycles. The topological polar surface area (TPSA) is 110 Å². The Morgan fingerprint density at radius 3 is 2.24 bits per heavy atom. The van der Waals surface area contributed by atoms with Crippen LogP contribution in [0.2, 0.25) is 0 Å². The monoisotopic (exact) mass is 375 g/mol. The van der Waals surface area contributed by atoms with E-state index < -0.39 is 44.2 Å². The predicted molar refractivity (Wildman–Crippen MR) is 93.0 cm³/mol. The third-order valence-electron chi connectivity index (χ3n) is 5.41. The molecule has 1 aliphatic carbocycles. The Hall–Kier alpha value is -1.15. The van der Waals surface area contributed by atoms with Crippen LogP contribution in [0.5, 0.6) is 0 Å². The van der Waals surface area contributed by atoms with E-state index in [0.717, 1.165) is 25.7 Å². The van der Waals surface area contributed by atoms with Crippen molar-refractivity contribution in [3.05, 3.63) is 0 Å². The summed E-state index contributed by atoms with van der Waals surface area (Å²) in [6.07, 6.45) is 5.57. The molecule has 7 nitrogen and oxygen atoms in total. The number of carboxylic acids is 1. The molecule has 144 valence electrons. The molecule has 0 spiro atoms. The molecule has 3 unspecified atom stereocenters. The second kappa shape index (κ2) is 8.98. The Morgan fingerprint density at radius 2 is 1.64 bits per heavy atom. The molecule has 0 aromatic rings. The number of hydrogen-bond donors (Lipinski definition) is 2. The average molecular weight is 375 g/mol. The zero-order valence-corrected chi connectivity index (χ0v) is 15.6. The number of ether oxygens (including phenoxy) is 1. The van der Waals surface area contributed by atoms with Crippen molar-refractivity contribution in [2.75, 3.05) is 13.2 Å². The van der Waals surface area contributed by atoms with Gasteiger partial charge in [-0.25, -0.2) is 8.42 Å². The summed E-state index contributed by atoms with van der Waals surface area (Å²) in [5.74, 6) is -2.15. The van der Waals surface area contributed by atoms with E-state index in [1.165, 1.54) is 6.92 Å². The van der Waals surface area contributed by atoms with E-state index in [4.69, 9.17) is 4.74 Å². The van der Waals surface area contributed by atoms with Gasteiger partial charge in [-0.05, 0) is 32.6 Å². The van der Waals surface area contributed by atoms with Crippen molar-refractivity contribution >= 4 is 21.7 Å². The summed E-state index contributed by atoms with van der Waals surface area (Å²) in [5, 5.41) is 10.5. The van der Waals surface area contributed by atoms with Gasteiger partial charge in [-0.1, -0.05) is 25.7 Å². The highest BCUT2D eigenvalue weighted by molar-refractivity contribution is 7.93. The van der Waals surface area contributed by atoms with E-state index in [0.29, 0.717) is 38.9 Å². The lowest BCUT2D eigenvalue weighted by Gasteiger charge is -2.29. The van der Waals surface area contributed by atoms with Crippen molar-refractivity contribution in [3.8, 4) is 0 Å². The molecule has 25 heavy (non-hydrogen) atoms. The van der Waals surface area contributed by atoms with Gasteiger partial charge in [0.25, 0.3) is 0 Å². The first-order valence-electron chi connectivity index (χ1n) is 9.17. The molecule has 1 amide bonds. The van der Waals surface area contributed by atoms with Gasteiger partial charge < -0.3 is 15.2 Å². The first-order valence-corrected chi connectivity index (χ1v) is 10.8.